The number of carboxylic acid groups (broad SMARTS) is 1. The largest absolute Gasteiger partial charge is 0.480 e. The Kier molecular flexibility index (Phi) is 13.5. The van der Waals surface area contributed by atoms with Crippen molar-refractivity contribution in [1.29, 1.82) is 0 Å². The molecule has 0 aliphatic carbocycles. The zero-order valence-corrected chi connectivity index (χ0v) is 19.3. The summed E-state index contributed by atoms with van der Waals surface area (Å²) in [6, 6.07) is -6.16. The molecule has 4 atom stereocenters. The highest BCUT2D eigenvalue weighted by Gasteiger charge is 2.31. The molecule has 0 rings (SSSR count). The van der Waals surface area contributed by atoms with Gasteiger partial charge >= 0.3 is 5.97 Å². The Morgan fingerprint density at radius 1 is 0.667 bits per heavy atom. The lowest BCUT2D eigenvalue weighted by molar-refractivity contribution is -0.144. The minimum atomic E-state index is -1.69. The zero-order valence-electron chi connectivity index (χ0n) is 19.3. The third kappa shape index (κ3) is 13.3. The van der Waals surface area contributed by atoms with Gasteiger partial charge < -0.3 is 55.5 Å². The van der Waals surface area contributed by atoms with E-state index in [1.165, 1.54) is 0 Å². The van der Waals surface area contributed by atoms with Crippen LogP contribution in [0, 0.1) is 0 Å². The van der Waals surface area contributed by atoms with Gasteiger partial charge in [0.05, 0.1) is 25.3 Å². The quantitative estimate of drug-likeness (QED) is 0.0492. The van der Waals surface area contributed by atoms with Gasteiger partial charge in [0.1, 0.15) is 18.1 Å². The van der Waals surface area contributed by atoms with Gasteiger partial charge in [0, 0.05) is 6.54 Å². The number of carbonyl (C=O) groups is 7. The van der Waals surface area contributed by atoms with Crippen LogP contribution < -0.4 is 50.4 Å². The number of carbonyl (C=O) groups excluding carboxylic acids is 6. The summed E-state index contributed by atoms with van der Waals surface area (Å²) in [6.45, 7) is 0.0368. The SMILES string of the molecule is NC(=O)CC(N)C(=O)NC(CC(N)=O)C(=O)NC(CCCN=C(N)N)C(=O)NC(CC(N)=O)C(=O)O. The number of carboxylic acids is 1. The fourth-order valence-corrected chi connectivity index (χ4v) is 2.72. The summed E-state index contributed by atoms with van der Waals surface area (Å²) in [5, 5.41) is 15.7. The first-order chi connectivity index (χ1) is 16.6. The van der Waals surface area contributed by atoms with E-state index in [-0.39, 0.29) is 25.3 Å². The zero-order chi connectivity index (χ0) is 28.0. The van der Waals surface area contributed by atoms with E-state index in [0.29, 0.717) is 0 Å². The van der Waals surface area contributed by atoms with Crippen LogP contribution in [-0.4, -0.2) is 83.2 Å². The molecule has 0 spiro atoms. The predicted molar refractivity (Wildman–Crippen MR) is 123 cm³/mol. The number of nitrogens with one attached hydrogen (secondary N) is 3. The fourth-order valence-electron chi connectivity index (χ4n) is 2.72. The van der Waals surface area contributed by atoms with E-state index in [1.807, 2.05) is 0 Å². The van der Waals surface area contributed by atoms with Gasteiger partial charge in [0.2, 0.25) is 35.4 Å². The van der Waals surface area contributed by atoms with Crippen molar-refractivity contribution in [2.45, 2.75) is 56.3 Å². The van der Waals surface area contributed by atoms with E-state index in [2.05, 4.69) is 20.9 Å². The van der Waals surface area contributed by atoms with Crippen molar-refractivity contribution in [3.05, 3.63) is 0 Å². The Balaban J connectivity index is 5.69. The van der Waals surface area contributed by atoms with Crippen molar-refractivity contribution in [1.82, 2.24) is 16.0 Å². The summed E-state index contributed by atoms with van der Waals surface area (Å²) >= 11 is 0. The van der Waals surface area contributed by atoms with Crippen molar-refractivity contribution in [2.75, 3.05) is 6.54 Å². The van der Waals surface area contributed by atoms with E-state index >= 15 is 0 Å². The number of hydrogen-bond acceptors (Lipinski definition) is 9. The molecular formula is C18H32N10O8. The van der Waals surface area contributed by atoms with E-state index in [0.717, 1.165) is 0 Å². The lowest BCUT2D eigenvalue weighted by atomic mass is 10.1. The Labute approximate surface area is 204 Å². The maximum absolute atomic E-state index is 12.8. The second kappa shape index (κ2) is 15.4. The van der Waals surface area contributed by atoms with Crippen LogP contribution >= 0.6 is 0 Å². The van der Waals surface area contributed by atoms with E-state index < -0.39 is 84.8 Å². The molecule has 0 aromatic carbocycles. The van der Waals surface area contributed by atoms with Gasteiger partial charge in [0.25, 0.3) is 0 Å². The number of aliphatic carboxylic acids is 1. The normalized spacial score (nSPS) is 13.7. The Hall–Kier alpha value is -4.48. The predicted octanol–water partition coefficient (Wildman–Crippen LogP) is -6.47. The standard InChI is InChI=1S/C18H32N10O8/c19-7(4-11(20)29)14(32)27-9(5-12(21)30)16(34)26-8(2-1-3-25-18(23)24)15(33)28-10(17(35)36)6-13(22)31/h7-10H,1-6,19H2,(H2,20,29)(H2,21,30)(H2,22,31)(H,26,34)(H,27,32)(H,28,33)(H,35,36)(H4,23,24,25). The van der Waals surface area contributed by atoms with Crippen LogP contribution in [0.4, 0.5) is 0 Å². The molecule has 4 unspecified atom stereocenters. The second-order valence-corrected chi connectivity index (χ2v) is 7.59. The smallest absolute Gasteiger partial charge is 0.326 e. The third-order valence-electron chi connectivity index (χ3n) is 4.39. The van der Waals surface area contributed by atoms with Gasteiger partial charge in [-0.2, -0.15) is 0 Å². The van der Waals surface area contributed by atoms with Gasteiger partial charge in [-0.3, -0.25) is 33.8 Å². The Morgan fingerprint density at radius 3 is 1.58 bits per heavy atom. The number of aliphatic imine (C=N–C) groups is 1. The summed E-state index contributed by atoms with van der Waals surface area (Å²) in [7, 11) is 0. The molecule has 0 radical (unpaired) electrons. The highest BCUT2D eigenvalue weighted by Crippen LogP contribution is 2.04. The summed E-state index contributed by atoms with van der Waals surface area (Å²) in [5.74, 6) is -7.77. The Bertz CT molecular complexity index is 889. The molecule has 0 aromatic rings. The number of nitrogens with zero attached hydrogens (tertiary/aromatic N) is 1. The molecule has 0 aliphatic heterocycles. The molecule has 0 fully saturated rings. The first kappa shape index (κ1) is 31.5. The summed E-state index contributed by atoms with van der Waals surface area (Å²) < 4.78 is 0. The van der Waals surface area contributed by atoms with Gasteiger partial charge in [-0.15, -0.1) is 0 Å². The van der Waals surface area contributed by atoms with Crippen LogP contribution in [0.3, 0.4) is 0 Å². The van der Waals surface area contributed by atoms with Crippen molar-refractivity contribution in [3.63, 3.8) is 0 Å². The van der Waals surface area contributed by atoms with Gasteiger partial charge in [-0.1, -0.05) is 0 Å². The van der Waals surface area contributed by atoms with E-state index in [9.17, 15) is 38.7 Å². The summed E-state index contributed by atoms with van der Waals surface area (Å²) in [4.78, 5) is 86.3. The van der Waals surface area contributed by atoms with Crippen LogP contribution in [0.2, 0.25) is 0 Å². The lowest BCUT2D eigenvalue weighted by Gasteiger charge is -2.24. The number of primary amides is 3. The molecule has 202 valence electrons. The monoisotopic (exact) mass is 516 g/mol. The second-order valence-electron chi connectivity index (χ2n) is 7.59. The molecule has 0 aliphatic rings. The van der Waals surface area contributed by atoms with Crippen molar-refractivity contribution in [2.24, 2.45) is 39.4 Å². The Morgan fingerprint density at radius 2 is 1.11 bits per heavy atom. The van der Waals surface area contributed by atoms with Crippen LogP contribution in [0.1, 0.15) is 32.1 Å². The summed E-state index contributed by atoms with van der Waals surface area (Å²) in [6.07, 6.45) is -1.99. The molecule has 0 bridgehead atoms. The highest BCUT2D eigenvalue weighted by molar-refractivity contribution is 5.97. The maximum Gasteiger partial charge on any atom is 0.326 e. The average Bonchev–Trinajstić information content (AvgIpc) is 2.73. The molecule has 36 heavy (non-hydrogen) atoms. The molecule has 0 saturated heterocycles. The van der Waals surface area contributed by atoms with E-state index in [4.69, 9.17) is 34.4 Å². The molecule has 6 amide bonds. The molecule has 16 N–H and O–H groups in total. The van der Waals surface area contributed by atoms with Gasteiger partial charge in [0.15, 0.2) is 5.96 Å². The first-order valence-electron chi connectivity index (χ1n) is 10.4. The number of rotatable bonds is 17. The number of amides is 6. The number of guanidine groups is 1. The maximum atomic E-state index is 12.8. The first-order valence-corrected chi connectivity index (χ1v) is 10.4. The molecule has 18 heteroatoms. The molecular weight excluding hydrogens is 484 g/mol. The minimum Gasteiger partial charge on any atom is -0.480 e. The van der Waals surface area contributed by atoms with Gasteiger partial charge in [-0.25, -0.2) is 4.79 Å². The lowest BCUT2D eigenvalue weighted by Crippen LogP contribution is -2.58. The topological polar surface area (TPSA) is 344 Å². The highest BCUT2D eigenvalue weighted by atomic mass is 16.4. The fraction of sp³-hybridized carbons (Fsp3) is 0.556. The average molecular weight is 517 g/mol. The summed E-state index contributed by atoms with van der Waals surface area (Å²) in [5.41, 5.74) is 31.1. The van der Waals surface area contributed by atoms with Crippen LogP contribution in [0.25, 0.3) is 0 Å². The minimum absolute atomic E-state index is 0.0368. The van der Waals surface area contributed by atoms with Crippen molar-refractivity contribution in [3.8, 4) is 0 Å². The molecule has 0 heterocycles. The van der Waals surface area contributed by atoms with Crippen LogP contribution in [0.15, 0.2) is 4.99 Å². The number of nitrogens with two attached hydrogens (primary N) is 6. The van der Waals surface area contributed by atoms with Crippen LogP contribution in [0.5, 0.6) is 0 Å². The molecule has 0 aromatic heterocycles. The van der Waals surface area contributed by atoms with Crippen molar-refractivity contribution < 1.29 is 38.7 Å². The van der Waals surface area contributed by atoms with Gasteiger partial charge in [-0.05, 0) is 12.8 Å². The van der Waals surface area contributed by atoms with Crippen LogP contribution in [-0.2, 0) is 33.6 Å². The number of hydrogen-bond donors (Lipinski definition) is 10. The molecule has 18 nitrogen and oxygen atoms in total. The van der Waals surface area contributed by atoms with E-state index in [1.54, 1.807) is 0 Å². The van der Waals surface area contributed by atoms with Crippen molar-refractivity contribution >= 4 is 47.4 Å². The molecule has 0 saturated carbocycles. The third-order valence-corrected chi connectivity index (χ3v) is 4.39.